The Kier molecular flexibility index (Phi) is 3.80. The lowest BCUT2D eigenvalue weighted by atomic mass is 9.66. The average molecular weight is 333 g/mol. The molecule has 22 heavy (non-hydrogen) atoms. The number of amides is 1. The van der Waals surface area contributed by atoms with Crippen LogP contribution in [0.15, 0.2) is 0 Å². The Labute approximate surface area is 130 Å². The lowest BCUT2D eigenvalue weighted by Gasteiger charge is -2.37. The summed E-state index contributed by atoms with van der Waals surface area (Å²) in [6.45, 7) is 8.61. The lowest BCUT2D eigenvalue weighted by Crippen LogP contribution is -2.56. The SMILES string of the molecule is CC(C)C(NC(=O)C12CCC(C)(C(=O)O1)C2(C)C)P(=O)(O)O. The van der Waals surface area contributed by atoms with Crippen LogP contribution in [-0.2, 0) is 18.9 Å². The van der Waals surface area contributed by atoms with Crippen molar-refractivity contribution in [2.45, 2.75) is 58.8 Å². The molecule has 0 spiro atoms. The maximum atomic E-state index is 12.8. The lowest BCUT2D eigenvalue weighted by molar-refractivity contribution is -0.168. The molecule has 2 bridgehead atoms. The van der Waals surface area contributed by atoms with Gasteiger partial charge < -0.3 is 19.8 Å². The summed E-state index contributed by atoms with van der Waals surface area (Å²) in [6, 6.07) is 0. The Morgan fingerprint density at radius 3 is 2.14 bits per heavy atom. The first-order valence-electron chi connectivity index (χ1n) is 7.39. The van der Waals surface area contributed by atoms with E-state index in [0.29, 0.717) is 12.8 Å². The summed E-state index contributed by atoms with van der Waals surface area (Å²) in [5.41, 5.74) is -2.85. The van der Waals surface area contributed by atoms with Gasteiger partial charge in [-0.15, -0.1) is 0 Å². The summed E-state index contributed by atoms with van der Waals surface area (Å²) < 4.78 is 17.0. The summed E-state index contributed by atoms with van der Waals surface area (Å²) in [5, 5.41) is 2.43. The quantitative estimate of drug-likeness (QED) is 0.529. The van der Waals surface area contributed by atoms with Gasteiger partial charge in [0.2, 0.25) is 0 Å². The highest BCUT2D eigenvalue weighted by atomic mass is 31.2. The molecular weight excluding hydrogens is 309 g/mol. The van der Waals surface area contributed by atoms with Crippen molar-refractivity contribution in [3.63, 3.8) is 0 Å². The van der Waals surface area contributed by atoms with Crippen LogP contribution >= 0.6 is 7.60 Å². The minimum Gasteiger partial charge on any atom is -0.448 e. The molecule has 126 valence electrons. The van der Waals surface area contributed by atoms with Crippen LogP contribution in [-0.4, -0.2) is 33.0 Å². The van der Waals surface area contributed by atoms with E-state index in [-0.39, 0.29) is 0 Å². The van der Waals surface area contributed by atoms with Crippen LogP contribution in [0.2, 0.25) is 0 Å². The van der Waals surface area contributed by atoms with E-state index >= 15 is 0 Å². The molecule has 8 heteroatoms. The van der Waals surface area contributed by atoms with Gasteiger partial charge in [-0.25, -0.2) is 0 Å². The summed E-state index contributed by atoms with van der Waals surface area (Å²) in [4.78, 5) is 43.8. The maximum absolute atomic E-state index is 12.8. The average Bonchev–Trinajstić information content (AvgIpc) is 2.64. The molecule has 2 fully saturated rings. The van der Waals surface area contributed by atoms with Gasteiger partial charge in [-0.05, 0) is 25.7 Å². The number of nitrogens with one attached hydrogen (secondary N) is 1. The number of rotatable bonds is 4. The molecule has 1 aliphatic heterocycles. The van der Waals surface area contributed by atoms with Gasteiger partial charge in [0.05, 0.1) is 5.41 Å². The number of hydrogen-bond donors (Lipinski definition) is 3. The molecule has 1 saturated carbocycles. The van der Waals surface area contributed by atoms with Gasteiger partial charge in [-0.3, -0.25) is 14.2 Å². The smallest absolute Gasteiger partial charge is 0.347 e. The van der Waals surface area contributed by atoms with E-state index in [0.717, 1.165) is 0 Å². The van der Waals surface area contributed by atoms with E-state index in [4.69, 9.17) is 4.74 Å². The van der Waals surface area contributed by atoms with Crippen LogP contribution in [0.4, 0.5) is 0 Å². The highest BCUT2D eigenvalue weighted by Gasteiger charge is 2.75. The molecular formula is C14H24NO6P. The molecule has 0 aromatic rings. The van der Waals surface area contributed by atoms with E-state index in [1.54, 1.807) is 34.6 Å². The number of fused-ring (bicyclic) bond motifs is 2. The monoisotopic (exact) mass is 333 g/mol. The molecule has 1 saturated heterocycles. The third-order valence-corrected chi connectivity index (χ3v) is 7.17. The predicted molar refractivity (Wildman–Crippen MR) is 78.8 cm³/mol. The minimum atomic E-state index is -4.50. The molecule has 0 aromatic carbocycles. The van der Waals surface area contributed by atoms with Gasteiger partial charge in [-0.2, -0.15) is 0 Å². The van der Waals surface area contributed by atoms with Crippen LogP contribution in [0.5, 0.6) is 0 Å². The van der Waals surface area contributed by atoms with Gasteiger partial charge in [0, 0.05) is 5.41 Å². The number of carbonyl (C=O) groups excluding carboxylic acids is 2. The third kappa shape index (κ3) is 2.06. The molecule has 3 unspecified atom stereocenters. The van der Waals surface area contributed by atoms with E-state index < -0.39 is 47.6 Å². The van der Waals surface area contributed by atoms with Crippen LogP contribution in [0.3, 0.4) is 0 Å². The fraction of sp³-hybridized carbons (Fsp3) is 0.857. The standard InChI is InChI=1S/C14H24NO6P/c1-8(2)9(22(18,19)20)15-10(16)14-7-6-13(5,11(17)21-14)12(14,3)4/h8-9H,6-7H2,1-5H3,(H,15,16)(H2,18,19,20). The van der Waals surface area contributed by atoms with E-state index in [1.807, 2.05) is 0 Å². The maximum Gasteiger partial charge on any atom is 0.347 e. The van der Waals surface area contributed by atoms with Gasteiger partial charge in [0.15, 0.2) is 5.60 Å². The first kappa shape index (κ1) is 17.4. The van der Waals surface area contributed by atoms with Gasteiger partial charge in [0.1, 0.15) is 5.78 Å². The van der Waals surface area contributed by atoms with Crippen LogP contribution in [0.25, 0.3) is 0 Å². The van der Waals surface area contributed by atoms with Crippen molar-refractivity contribution in [1.82, 2.24) is 5.32 Å². The van der Waals surface area contributed by atoms with Crippen molar-refractivity contribution in [3.05, 3.63) is 0 Å². The van der Waals surface area contributed by atoms with Crippen LogP contribution < -0.4 is 5.32 Å². The molecule has 2 aliphatic rings. The molecule has 7 nitrogen and oxygen atoms in total. The van der Waals surface area contributed by atoms with Crippen molar-refractivity contribution in [1.29, 1.82) is 0 Å². The Bertz CT molecular complexity index is 568. The van der Waals surface area contributed by atoms with Crippen molar-refractivity contribution < 1.29 is 28.7 Å². The van der Waals surface area contributed by atoms with Gasteiger partial charge in [-0.1, -0.05) is 27.7 Å². The highest BCUT2D eigenvalue weighted by molar-refractivity contribution is 7.52. The second-order valence-corrected chi connectivity index (χ2v) is 9.16. The fourth-order valence-corrected chi connectivity index (χ4v) is 4.70. The zero-order valence-corrected chi connectivity index (χ0v) is 14.4. The zero-order valence-electron chi connectivity index (χ0n) is 13.5. The van der Waals surface area contributed by atoms with Crippen molar-refractivity contribution in [2.75, 3.05) is 0 Å². The Balaban J connectivity index is 2.34. The molecule has 1 heterocycles. The van der Waals surface area contributed by atoms with Crippen LogP contribution in [0, 0.1) is 16.7 Å². The van der Waals surface area contributed by atoms with Crippen molar-refractivity contribution >= 4 is 19.5 Å². The minimum absolute atomic E-state index is 0.361. The molecule has 3 N–H and O–H groups in total. The second kappa shape index (κ2) is 4.79. The van der Waals surface area contributed by atoms with Crippen molar-refractivity contribution in [2.24, 2.45) is 16.7 Å². The normalized spacial score (nSPS) is 34.6. The first-order chi connectivity index (χ1) is 9.79. The van der Waals surface area contributed by atoms with Crippen LogP contribution in [0.1, 0.15) is 47.5 Å². The zero-order chi connectivity index (χ0) is 17.1. The Morgan fingerprint density at radius 1 is 1.27 bits per heavy atom. The predicted octanol–water partition coefficient (Wildman–Crippen LogP) is 1.38. The summed E-state index contributed by atoms with van der Waals surface area (Å²) in [7, 11) is -4.50. The van der Waals surface area contributed by atoms with Gasteiger partial charge in [0.25, 0.3) is 5.91 Å². The molecule has 0 aromatic heterocycles. The Morgan fingerprint density at radius 2 is 1.82 bits per heavy atom. The largest absolute Gasteiger partial charge is 0.448 e. The highest BCUT2D eigenvalue weighted by Crippen LogP contribution is 2.65. The van der Waals surface area contributed by atoms with Gasteiger partial charge >= 0.3 is 13.6 Å². The number of hydrogen-bond acceptors (Lipinski definition) is 4. The third-order valence-electron chi connectivity index (χ3n) is 5.72. The Hall–Kier alpha value is -0.910. The number of ether oxygens (including phenoxy) is 1. The molecule has 3 atom stereocenters. The summed E-state index contributed by atoms with van der Waals surface area (Å²) in [5.74, 6) is -2.78. The number of carbonyl (C=O) groups is 2. The second-order valence-electron chi connectivity index (χ2n) is 7.43. The molecule has 2 rings (SSSR count). The summed E-state index contributed by atoms with van der Waals surface area (Å²) in [6.07, 6.45) is 0.883. The van der Waals surface area contributed by atoms with E-state index in [1.165, 1.54) is 0 Å². The van der Waals surface area contributed by atoms with Crippen molar-refractivity contribution in [3.8, 4) is 0 Å². The van der Waals surface area contributed by atoms with E-state index in [2.05, 4.69) is 5.32 Å². The molecule has 0 radical (unpaired) electrons. The molecule has 1 amide bonds. The summed E-state index contributed by atoms with van der Waals surface area (Å²) >= 11 is 0. The topological polar surface area (TPSA) is 113 Å². The first-order valence-corrected chi connectivity index (χ1v) is 9.07. The van der Waals surface area contributed by atoms with E-state index in [9.17, 15) is 23.9 Å². The fourth-order valence-electron chi connectivity index (χ4n) is 3.64. The molecule has 1 aliphatic carbocycles. The number of esters is 1.